The van der Waals surface area contributed by atoms with Crippen molar-refractivity contribution >= 4 is 28.8 Å². The van der Waals surface area contributed by atoms with E-state index in [9.17, 15) is 9.59 Å². The molecular weight excluding hydrogens is 358 g/mol. The molecule has 0 radical (unpaired) electrons. The monoisotopic (exact) mass is 379 g/mol. The number of nitrogens with one attached hydrogen (secondary N) is 2. The predicted octanol–water partition coefficient (Wildman–Crippen LogP) is 4.06. The second-order valence-corrected chi connectivity index (χ2v) is 7.93. The highest BCUT2D eigenvalue weighted by Gasteiger charge is 2.38. The van der Waals surface area contributed by atoms with E-state index in [1.807, 2.05) is 43.5 Å². The number of pyridine rings is 1. The molecular formula is C21H21N3O2S. The van der Waals surface area contributed by atoms with Gasteiger partial charge in [0.15, 0.2) is 5.78 Å². The molecule has 0 bridgehead atoms. The van der Waals surface area contributed by atoms with E-state index in [4.69, 9.17) is 0 Å². The lowest BCUT2D eigenvalue weighted by molar-refractivity contribution is -0.116. The number of aryl methyl sites for hydroxylation is 1. The van der Waals surface area contributed by atoms with E-state index in [-0.39, 0.29) is 17.6 Å². The van der Waals surface area contributed by atoms with Crippen molar-refractivity contribution in [3.05, 3.63) is 68.8 Å². The van der Waals surface area contributed by atoms with Gasteiger partial charge >= 0.3 is 0 Å². The van der Waals surface area contributed by atoms with Crippen LogP contribution in [0.3, 0.4) is 0 Å². The summed E-state index contributed by atoms with van der Waals surface area (Å²) in [5.74, 6) is 0.105. The van der Waals surface area contributed by atoms with Gasteiger partial charge in [0.05, 0.1) is 5.92 Å². The summed E-state index contributed by atoms with van der Waals surface area (Å²) in [5, 5.41) is 8.22. The number of carbonyl (C=O) groups excluding carboxylic acids is 2. The van der Waals surface area contributed by atoms with Gasteiger partial charge in [-0.2, -0.15) is 0 Å². The topological polar surface area (TPSA) is 71.1 Å². The molecule has 2 aliphatic rings. The van der Waals surface area contributed by atoms with Crippen LogP contribution in [0.4, 0.5) is 5.82 Å². The Labute approximate surface area is 162 Å². The van der Waals surface area contributed by atoms with Gasteiger partial charge in [-0.25, -0.2) is 4.98 Å². The van der Waals surface area contributed by atoms with Crippen molar-refractivity contribution in [3.8, 4) is 0 Å². The van der Waals surface area contributed by atoms with Crippen molar-refractivity contribution < 1.29 is 9.59 Å². The number of ketones is 1. The number of rotatable bonds is 3. The van der Waals surface area contributed by atoms with Gasteiger partial charge in [-0.15, -0.1) is 11.3 Å². The first-order chi connectivity index (χ1) is 13.0. The molecule has 3 heterocycles. The summed E-state index contributed by atoms with van der Waals surface area (Å²) >= 11 is 1.58. The van der Waals surface area contributed by atoms with Crippen molar-refractivity contribution in [3.63, 3.8) is 0 Å². The molecule has 0 saturated carbocycles. The van der Waals surface area contributed by atoms with Gasteiger partial charge in [0.25, 0.3) is 5.91 Å². The molecule has 1 aliphatic heterocycles. The molecule has 6 heteroatoms. The largest absolute Gasteiger partial charge is 0.362 e. The third-order valence-electron chi connectivity index (χ3n) is 5.01. The maximum Gasteiger partial charge on any atom is 0.255 e. The van der Waals surface area contributed by atoms with Gasteiger partial charge in [-0.3, -0.25) is 9.59 Å². The number of anilines is 1. The maximum atomic E-state index is 13.2. The van der Waals surface area contributed by atoms with Crippen molar-refractivity contribution in [2.75, 3.05) is 5.32 Å². The fourth-order valence-corrected chi connectivity index (χ4v) is 4.66. The zero-order chi connectivity index (χ0) is 19.0. The Hall–Kier alpha value is -2.73. The number of thiophene rings is 1. The molecule has 1 atom stereocenters. The van der Waals surface area contributed by atoms with E-state index in [0.29, 0.717) is 17.8 Å². The van der Waals surface area contributed by atoms with Crippen LogP contribution in [0.1, 0.15) is 42.5 Å². The van der Waals surface area contributed by atoms with Crippen LogP contribution >= 0.6 is 11.3 Å². The minimum atomic E-state index is -0.321. The molecule has 0 aromatic carbocycles. The first-order valence-corrected chi connectivity index (χ1v) is 9.94. The molecule has 0 fully saturated rings. The average molecular weight is 379 g/mol. The quantitative estimate of drug-likeness (QED) is 0.844. The van der Waals surface area contributed by atoms with Crippen molar-refractivity contribution in [1.29, 1.82) is 0 Å². The van der Waals surface area contributed by atoms with Crippen molar-refractivity contribution in [1.82, 2.24) is 10.3 Å². The molecule has 27 heavy (non-hydrogen) atoms. The fourth-order valence-electron chi connectivity index (χ4n) is 3.81. The van der Waals surface area contributed by atoms with Crippen LogP contribution < -0.4 is 10.6 Å². The van der Waals surface area contributed by atoms with Gasteiger partial charge in [0.2, 0.25) is 0 Å². The lowest BCUT2D eigenvalue weighted by atomic mass is 9.77. The number of allylic oxidation sites excluding steroid dienone is 3. The number of amides is 1. The molecule has 138 valence electrons. The minimum absolute atomic E-state index is 0.133. The summed E-state index contributed by atoms with van der Waals surface area (Å²) in [4.78, 5) is 31.2. The Morgan fingerprint density at radius 1 is 1.30 bits per heavy atom. The Morgan fingerprint density at radius 2 is 2.15 bits per heavy atom. The summed E-state index contributed by atoms with van der Waals surface area (Å²) in [6.07, 6.45) is 3.90. The molecule has 0 saturated heterocycles. The molecule has 1 unspecified atom stereocenters. The second kappa shape index (κ2) is 7.12. The highest BCUT2D eigenvalue weighted by atomic mass is 32.1. The Balaban J connectivity index is 1.75. The summed E-state index contributed by atoms with van der Waals surface area (Å²) in [6.45, 7) is 3.86. The summed E-state index contributed by atoms with van der Waals surface area (Å²) in [5.41, 5.74) is 4.13. The van der Waals surface area contributed by atoms with E-state index in [0.717, 1.165) is 40.2 Å². The number of hydrogen-bond donors (Lipinski definition) is 2. The molecule has 2 aromatic heterocycles. The smallest absolute Gasteiger partial charge is 0.255 e. The Kier molecular flexibility index (Phi) is 4.66. The predicted molar refractivity (Wildman–Crippen MR) is 106 cm³/mol. The Morgan fingerprint density at radius 3 is 2.89 bits per heavy atom. The number of dihydropyridines is 1. The molecule has 5 nitrogen and oxygen atoms in total. The van der Waals surface area contributed by atoms with Gasteiger partial charge in [-0.05, 0) is 55.8 Å². The van der Waals surface area contributed by atoms with E-state index < -0.39 is 0 Å². The van der Waals surface area contributed by atoms with Gasteiger partial charge in [0.1, 0.15) is 5.82 Å². The first kappa shape index (κ1) is 17.7. The SMILES string of the molecule is CC1=C(C(=O)Nc2cc(C)ccn2)C(c2cccs2)C2=C(CCCC2=O)N1. The standard InChI is InChI=1S/C21H21N3O2S/c1-12-8-9-22-17(11-12)24-21(26)18-13(2)23-14-5-3-6-15(25)19(14)20(18)16-7-4-10-27-16/h4,7-11,20,23H,3,5-6H2,1-2H3,(H,22,24,26). The molecule has 2 N–H and O–H groups in total. The molecule has 1 amide bonds. The van der Waals surface area contributed by atoms with E-state index in [2.05, 4.69) is 15.6 Å². The number of nitrogens with zero attached hydrogens (tertiary/aromatic N) is 1. The van der Waals surface area contributed by atoms with Crippen LogP contribution in [0.5, 0.6) is 0 Å². The Bertz CT molecular complexity index is 973. The van der Waals surface area contributed by atoms with Gasteiger partial charge in [0, 0.05) is 40.0 Å². The lowest BCUT2D eigenvalue weighted by Crippen LogP contribution is -2.35. The molecule has 1 aliphatic carbocycles. The lowest BCUT2D eigenvalue weighted by Gasteiger charge is -2.33. The van der Waals surface area contributed by atoms with E-state index >= 15 is 0 Å². The number of aromatic nitrogens is 1. The highest BCUT2D eigenvalue weighted by molar-refractivity contribution is 7.10. The zero-order valence-electron chi connectivity index (χ0n) is 15.3. The van der Waals surface area contributed by atoms with Crippen LogP contribution in [-0.2, 0) is 9.59 Å². The average Bonchev–Trinajstić information content (AvgIpc) is 3.15. The molecule has 2 aromatic rings. The van der Waals surface area contributed by atoms with E-state index in [1.165, 1.54) is 0 Å². The molecule has 4 rings (SSSR count). The van der Waals surface area contributed by atoms with Crippen LogP contribution in [0.15, 0.2) is 58.4 Å². The van der Waals surface area contributed by atoms with Crippen LogP contribution in [0.25, 0.3) is 0 Å². The highest BCUT2D eigenvalue weighted by Crippen LogP contribution is 2.43. The van der Waals surface area contributed by atoms with Gasteiger partial charge < -0.3 is 10.6 Å². The normalized spacial score (nSPS) is 19.6. The zero-order valence-corrected chi connectivity index (χ0v) is 16.2. The van der Waals surface area contributed by atoms with Crippen molar-refractivity contribution in [2.45, 2.75) is 39.0 Å². The second-order valence-electron chi connectivity index (χ2n) is 6.95. The molecule has 0 spiro atoms. The van der Waals surface area contributed by atoms with Crippen LogP contribution in [-0.4, -0.2) is 16.7 Å². The summed E-state index contributed by atoms with van der Waals surface area (Å²) in [7, 11) is 0. The van der Waals surface area contributed by atoms with Crippen LogP contribution in [0.2, 0.25) is 0 Å². The minimum Gasteiger partial charge on any atom is -0.362 e. The van der Waals surface area contributed by atoms with Gasteiger partial charge in [-0.1, -0.05) is 6.07 Å². The van der Waals surface area contributed by atoms with Crippen molar-refractivity contribution in [2.24, 2.45) is 0 Å². The fraction of sp³-hybridized carbons (Fsp3) is 0.286. The first-order valence-electron chi connectivity index (χ1n) is 9.06. The number of carbonyl (C=O) groups is 2. The number of hydrogen-bond acceptors (Lipinski definition) is 5. The summed E-state index contributed by atoms with van der Waals surface area (Å²) < 4.78 is 0. The van der Waals surface area contributed by atoms with E-state index in [1.54, 1.807) is 17.5 Å². The number of Topliss-reactive ketones (excluding diaryl/α,β-unsaturated/α-hetero) is 1. The third-order valence-corrected chi connectivity index (χ3v) is 5.94. The maximum absolute atomic E-state index is 13.2. The van der Waals surface area contributed by atoms with Crippen LogP contribution in [0, 0.1) is 6.92 Å². The summed E-state index contributed by atoms with van der Waals surface area (Å²) in [6, 6.07) is 7.68. The third kappa shape index (κ3) is 3.32.